The van der Waals surface area contributed by atoms with Gasteiger partial charge in [0.1, 0.15) is 0 Å². The molecule has 1 N–H and O–H groups in total. The minimum atomic E-state index is -1.46. The van der Waals surface area contributed by atoms with Crippen LogP contribution < -0.4 is 0 Å². The van der Waals surface area contributed by atoms with Crippen molar-refractivity contribution in [3.8, 4) is 0 Å². The molecular formula is C19H12N4O6. The molecular weight excluding hydrogens is 380 g/mol. The number of benzene rings is 2. The van der Waals surface area contributed by atoms with Crippen molar-refractivity contribution in [3.05, 3.63) is 92.8 Å². The van der Waals surface area contributed by atoms with Crippen LogP contribution in [0.3, 0.4) is 0 Å². The molecule has 0 aliphatic carbocycles. The van der Waals surface area contributed by atoms with Crippen molar-refractivity contribution in [2.75, 3.05) is 0 Å². The minimum Gasteiger partial charge on any atom is -0.478 e. The van der Waals surface area contributed by atoms with E-state index in [1.54, 1.807) is 12.4 Å². The molecule has 0 unspecified atom stereocenters. The first-order valence-electron chi connectivity index (χ1n) is 8.12. The topological polar surface area (TPSA) is 149 Å². The standard InChI is InChI=1S/C12H8N2.C7H4N2O6/c1-3-9-5-6-10-4-2-8-14-12(10)11(9)13-7-1;10-7(11)4-1-5(8(12)13)3-6(2-4)9(14)15/h1-8H;1-3H,(H,10,11). The van der Waals surface area contributed by atoms with E-state index in [-0.39, 0.29) is 0 Å². The molecule has 0 saturated heterocycles. The fourth-order valence-corrected chi connectivity index (χ4v) is 2.61. The lowest BCUT2D eigenvalue weighted by molar-refractivity contribution is -0.394. The fraction of sp³-hybridized carbons (Fsp3) is 0. The van der Waals surface area contributed by atoms with E-state index in [4.69, 9.17) is 5.11 Å². The maximum Gasteiger partial charge on any atom is 0.336 e. The Morgan fingerprint density at radius 3 is 1.62 bits per heavy atom. The molecule has 0 spiro atoms. The molecule has 2 aromatic heterocycles. The number of hydrogen-bond donors (Lipinski definition) is 1. The van der Waals surface area contributed by atoms with Crippen molar-refractivity contribution in [1.82, 2.24) is 9.97 Å². The van der Waals surface area contributed by atoms with Crippen molar-refractivity contribution in [2.45, 2.75) is 0 Å². The van der Waals surface area contributed by atoms with Crippen LogP contribution in [0.2, 0.25) is 0 Å². The number of nitro groups is 2. The van der Waals surface area contributed by atoms with Gasteiger partial charge >= 0.3 is 5.97 Å². The van der Waals surface area contributed by atoms with Crippen molar-refractivity contribution >= 4 is 39.1 Å². The highest BCUT2D eigenvalue weighted by Gasteiger charge is 2.19. The molecule has 0 aliphatic heterocycles. The Labute approximate surface area is 162 Å². The van der Waals surface area contributed by atoms with Crippen LogP contribution in [-0.2, 0) is 0 Å². The first-order valence-corrected chi connectivity index (χ1v) is 8.12. The van der Waals surface area contributed by atoms with E-state index < -0.39 is 32.8 Å². The monoisotopic (exact) mass is 392 g/mol. The lowest BCUT2D eigenvalue weighted by Crippen LogP contribution is -2.00. The van der Waals surface area contributed by atoms with Gasteiger partial charge in [0, 0.05) is 35.3 Å². The molecule has 10 heteroatoms. The number of aromatic carboxylic acids is 1. The van der Waals surface area contributed by atoms with Crippen molar-refractivity contribution in [2.24, 2.45) is 0 Å². The molecule has 0 saturated carbocycles. The van der Waals surface area contributed by atoms with E-state index in [0.717, 1.165) is 33.9 Å². The second-order valence-electron chi connectivity index (χ2n) is 5.77. The maximum atomic E-state index is 10.5. The molecule has 0 radical (unpaired) electrons. The summed E-state index contributed by atoms with van der Waals surface area (Å²) in [6.45, 7) is 0. The number of carbonyl (C=O) groups is 1. The van der Waals surface area contributed by atoms with E-state index >= 15 is 0 Å². The maximum absolute atomic E-state index is 10.5. The van der Waals surface area contributed by atoms with Gasteiger partial charge in [0.25, 0.3) is 11.4 Å². The van der Waals surface area contributed by atoms with Crippen molar-refractivity contribution in [3.63, 3.8) is 0 Å². The summed E-state index contributed by atoms with van der Waals surface area (Å²) in [6.07, 6.45) is 3.60. The highest BCUT2D eigenvalue weighted by molar-refractivity contribution is 6.02. The minimum absolute atomic E-state index is 0.490. The third kappa shape index (κ3) is 4.27. The zero-order chi connectivity index (χ0) is 21.0. The number of pyridine rings is 2. The lowest BCUT2D eigenvalue weighted by Gasteiger charge is -2.00. The summed E-state index contributed by atoms with van der Waals surface area (Å²) >= 11 is 0. The second kappa shape index (κ2) is 8.05. The van der Waals surface area contributed by atoms with Gasteiger partial charge < -0.3 is 5.11 Å². The molecule has 29 heavy (non-hydrogen) atoms. The van der Waals surface area contributed by atoms with E-state index in [1.807, 2.05) is 12.1 Å². The van der Waals surface area contributed by atoms with Gasteiger partial charge in [-0.2, -0.15) is 0 Å². The molecule has 0 aliphatic rings. The number of fused-ring (bicyclic) bond motifs is 3. The Hall–Kier alpha value is -4.47. The van der Waals surface area contributed by atoms with Gasteiger partial charge in [0.05, 0.1) is 32.5 Å². The number of carboxylic acid groups (broad SMARTS) is 1. The highest BCUT2D eigenvalue weighted by Crippen LogP contribution is 2.22. The van der Waals surface area contributed by atoms with Gasteiger partial charge in [-0.15, -0.1) is 0 Å². The number of non-ortho nitro benzene ring substituents is 2. The van der Waals surface area contributed by atoms with Crippen LogP contribution in [0.15, 0.2) is 67.0 Å². The average molecular weight is 392 g/mol. The molecule has 2 heterocycles. The summed E-state index contributed by atoms with van der Waals surface area (Å²) in [4.78, 5) is 38.1. The molecule has 4 rings (SSSR count). The number of nitro benzene ring substituents is 2. The van der Waals surface area contributed by atoms with Gasteiger partial charge in [-0.05, 0) is 12.1 Å². The largest absolute Gasteiger partial charge is 0.478 e. The molecule has 4 aromatic rings. The third-order valence-electron chi connectivity index (χ3n) is 3.92. The van der Waals surface area contributed by atoms with Gasteiger partial charge in [-0.25, -0.2) is 4.79 Å². The van der Waals surface area contributed by atoms with Crippen molar-refractivity contribution in [1.29, 1.82) is 0 Å². The van der Waals surface area contributed by atoms with E-state index in [9.17, 15) is 25.0 Å². The second-order valence-corrected chi connectivity index (χ2v) is 5.77. The summed E-state index contributed by atoms with van der Waals surface area (Å²) in [5.74, 6) is -1.46. The first-order chi connectivity index (χ1) is 13.9. The summed E-state index contributed by atoms with van der Waals surface area (Å²) in [5, 5.41) is 31.5. The first kappa shape index (κ1) is 19.3. The number of nitrogens with zero attached hydrogens (tertiary/aromatic N) is 4. The molecule has 0 bridgehead atoms. The molecule has 0 fully saturated rings. The number of aromatic nitrogens is 2. The summed E-state index contributed by atoms with van der Waals surface area (Å²) in [5.41, 5.74) is 0.218. The Bertz CT molecular complexity index is 1120. The average Bonchev–Trinajstić information content (AvgIpc) is 2.73. The van der Waals surface area contributed by atoms with Crippen LogP contribution in [0, 0.1) is 20.2 Å². The van der Waals surface area contributed by atoms with Crippen LogP contribution in [0.4, 0.5) is 11.4 Å². The highest BCUT2D eigenvalue weighted by atomic mass is 16.6. The Morgan fingerprint density at radius 1 is 0.793 bits per heavy atom. The SMILES string of the molecule is O=C(O)c1cc([N+](=O)[O-])cc([N+](=O)[O-])c1.c1cnc2c(c1)ccc1cccnc12. The van der Waals surface area contributed by atoms with Crippen LogP contribution in [0.25, 0.3) is 21.8 Å². The van der Waals surface area contributed by atoms with Crippen molar-refractivity contribution < 1.29 is 19.7 Å². The molecule has 2 aromatic carbocycles. The van der Waals surface area contributed by atoms with Gasteiger partial charge in [-0.3, -0.25) is 30.2 Å². The Balaban J connectivity index is 0.000000166. The summed E-state index contributed by atoms with van der Waals surface area (Å²) in [7, 11) is 0. The number of rotatable bonds is 3. The van der Waals surface area contributed by atoms with E-state index in [2.05, 4.69) is 34.2 Å². The molecule has 0 atom stereocenters. The number of hydrogen-bond acceptors (Lipinski definition) is 7. The Morgan fingerprint density at radius 2 is 1.24 bits per heavy atom. The number of carboxylic acids is 1. The fourth-order valence-electron chi connectivity index (χ4n) is 2.61. The van der Waals surface area contributed by atoms with Gasteiger partial charge in [0.2, 0.25) is 0 Å². The molecule has 0 amide bonds. The zero-order valence-electron chi connectivity index (χ0n) is 14.6. The normalized spacial score (nSPS) is 10.2. The predicted octanol–water partition coefficient (Wildman–Crippen LogP) is 3.98. The van der Waals surface area contributed by atoms with E-state index in [1.165, 1.54) is 0 Å². The third-order valence-corrected chi connectivity index (χ3v) is 3.92. The van der Waals surface area contributed by atoms with Crippen LogP contribution >= 0.6 is 0 Å². The molecule has 144 valence electrons. The Kier molecular flexibility index (Phi) is 5.35. The van der Waals surface area contributed by atoms with Gasteiger partial charge in [0.15, 0.2) is 0 Å². The molecule has 10 nitrogen and oxygen atoms in total. The summed E-state index contributed by atoms with van der Waals surface area (Å²) in [6, 6.07) is 14.4. The quantitative estimate of drug-likeness (QED) is 0.312. The zero-order valence-corrected chi connectivity index (χ0v) is 14.6. The van der Waals surface area contributed by atoms with Gasteiger partial charge in [-0.1, -0.05) is 24.3 Å². The van der Waals surface area contributed by atoms with E-state index in [0.29, 0.717) is 6.07 Å². The van der Waals surface area contributed by atoms with Crippen LogP contribution in [-0.4, -0.2) is 30.9 Å². The smallest absolute Gasteiger partial charge is 0.336 e. The lowest BCUT2D eigenvalue weighted by atomic mass is 10.1. The predicted molar refractivity (Wildman–Crippen MR) is 104 cm³/mol. The van der Waals surface area contributed by atoms with Crippen LogP contribution in [0.5, 0.6) is 0 Å². The van der Waals surface area contributed by atoms with Crippen LogP contribution in [0.1, 0.15) is 10.4 Å². The summed E-state index contributed by atoms with van der Waals surface area (Å²) < 4.78 is 0.